The molecule has 0 unspecified atom stereocenters. The zero-order valence-corrected chi connectivity index (χ0v) is 13.9. The van der Waals surface area contributed by atoms with E-state index in [0.717, 1.165) is 11.3 Å². The Labute approximate surface area is 140 Å². The third kappa shape index (κ3) is 3.56. The van der Waals surface area contributed by atoms with Gasteiger partial charge in [0.25, 0.3) is 0 Å². The first-order valence-electron chi connectivity index (χ1n) is 8.09. The predicted molar refractivity (Wildman–Crippen MR) is 89.6 cm³/mol. The highest BCUT2D eigenvalue weighted by Crippen LogP contribution is 2.27. The third-order valence-electron chi connectivity index (χ3n) is 4.44. The highest BCUT2D eigenvalue weighted by molar-refractivity contribution is 5.92. The van der Waals surface area contributed by atoms with Crippen molar-refractivity contribution in [1.82, 2.24) is 14.8 Å². The molecule has 2 N–H and O–H groups in total. The van der Waals surface area contributed by atoms with Crippen molar-refractivity contribution in [3.63, 3.8) is 0 Å². The maximum Gasteiger partial charge on any atom is 0.228 e. The van der Waals surface area contributed by atoms with Crippen molar-refractivity contribution in [3.8, 4) is 17.0 Å². The molecule has 2 aromatic heterocycles. The second-order valence-corrected chi connectivity index (χ2v) is 6.15. The van der Waals surface area contributed by atoms with E-state index in [-0.39, 0.29) is 17.9 Å². The van der Waals surface area contributed by atoms with Gasteiger partial charge in [0, 0.05) is 30.8 Å². The fourth-order valence-corrected chi connectivity index (χ4v) is 3.04. The number of nitrogens with one attached hydrogen (secondary N) is 1. The minimum atomic E-state index is -0.268. The van der Waals surface area contributed by atoms with Crippen LogP contribution in [0, 0.1) is 5.92 Å². The van der Waals surface area contributed by atoms with Gasteiger partial charge in [0.2, 0.25) is 5.91 Å². The highest BCUT2D eigenvalue weighted by atomic mass is 16.5. The summed E-state index contributed by atoms with van der Waals surface area (Å²) in [5.74, 6) is 1.10. The topological polar surface area (TPSA) is 89.3 Å². The number of pyridine rings is 1. The van der Waals surface area contributed by atoms with E-state index in [1.165, 1.54) is 0 Å². The smallest absolute Gasteiger partial charge is 0.228 e. The van der Waals surface area contributed by atoms with E-state index in [1.807, 2.05) is 19.2 Å². The van der Waals surface area contributed by atoms with E-state index in [2.05, 4.69) is 15.4 Å². The Balaban J connectivity index is 1.73. The molecule has 1 aliphatic carbocycles. The molecule has 0 aliphatic heterocycles. The molecule has 1 fully saturated rings. The summed E-state index contributed by atoms with van der Waals surface area (Å²) < 4.78 is 6.90. The van der Waals surface area contributed by atoms with Gasteiger partial charge < -0.3 is 15.2 Å². The minimum Gasteiger partial charge on any atom is -0.495 e. The van der Waals surface area contributed by atoms with Crippen LogP contribution in [0.1, 0.15) is 25.7 Å². The average molecular weight is 330 g/mol. The zero-order chi connectivity index (χ0) is 17.1. The standard InChI is InChI=1S/C17H22N4O3/c1-21-15(12-7-14(24-2)10-18-9-12)8-16(20-21)19-17(23)11-3-5-13(22)6-4-11/h7-11,13,22H,3-6H2,1-2H3,(H,19,20,23). The van der Waals surface area contributed by atoms with Gasteiger partial charge in [-0.15, -0.1) is 0 Å². The van der Waals surface area contributed by atoms with Crippen molar-refractivity contribution in [3.05, 3.63) is 24.5 Å². The summed E-state index contributed by atoms with van der Waals surface area (Å²) in [4.78, 5) is 16.5. The lowest BCUT2D eigenvalue weighted by Gasteiger charge is -2.23. The van der Waals surface area contributed by atoms with Crippen LogP contribution in [0.4, 0.5) is 5.82 Å². The van der Waals surface area contributed by atoms with Gasteiger partial charge in [0.05, 0.1) is 25.1 Å². The van der Waals surface area contributed by atoms with Gasteiger partial charge in [0.15, 0.2) is 5.82 Å². The van der Waals surface area contributed by atoms with Crippen LogP contribution in [0.25, 0.3) is 11.3 Å². The van der Waals surface area contributed by atoms with E-state index in [0.29, 0.717) is 37.3 Å². The number of nitrogens with zero attached hydrogens (tertiary/aromatic N) is 3. The number of aryl methyl sites for hydroxylation is 1. The molecule has 24 heavy (non-hydrogen) atoms. The molecular weight excluding hydrogens is 308 g/mol. The van der Waals surface area contributed by atoms with E-state index >= 15 is 0 Å². The Hall–Kier alpha value is -2.41. The van der Waals surface area contributed by atoms with Crippen molar-refractivity contribution < 1.29 is 14.6 Å². The first-order chi connectivity index (χ1) is 11.6. The zero-order valence-electron chi connectivity index (χ0n) is 13.9. The van der Waals surface area contributed by atoms with Crippen LogP contribution in [0.15, 0.2) is 24.5 Å². The molecule has 1 amide bonds. The number of hydrogen-bond acceptors (Lipinski definition) is 5. The molecule has 1 aliphatic rings. The summed E-state index contributed by atoms with van der Waals surface area (Å²) in [6, 6.07) is 3.70. The lowest BCUT2D eigenvalue weighted by molar-refractivity contribution is -0.121. The van der Waals surface area contributed by atoms with Gasteiger partial charge in [0.1, 0.15) is 5.75 Å². The molecule has 0 bridgehead atoms. The van der Waals surface area contributed by atoms with Crippen LogP contribution in [0.2, 0.25) is 0 Å². The molecular formula is C17H22N4O3. The number of aromatic nitrogens is 3. The normalized spacial score (nSPS) is 20.6. The number of carbonyl (C=O) groups excluding carboxylic acids is 1. The Morgan fingerprint density at radius 1 is 1.29 bits per heavy atom. The predicted octanol–water partition coefficient (Wildman–Crippen LogP) is 1.98. The number of hydrogen-bond donors (Lipinski definition) is 2. The van der Waals surface area contributed by atoms with Gasteiger partial charge >= 0.3 is 0 Å². The van der Waals surface area contributed by atoms with E-state index in [1.54, 1.807) is 24.2 Å². The van der Waals surface area contributed by atoms with Crippen molar-refractivity contribution >= 4 is 11.7 Å². The molecule has 0 spiro atoms. The SMILES string of the molecule is COc1cncc(-c2cc(NC(=O)C3CCC(O)CC3)nn2C)c1. The number of ether oxygens (including phenoxy) is 1. The summed E-state index contributed by atoms with van der Waals surface area (Å²) >= 11 is 0. The van der Waals surface area contributed by atoms with Gasteiger partial charge in [-0.05, 0) is 31.7 Å². The molecule has 0 radical (unpaired) electrons. The summed E-state index contributed by atoms with van der Waals surface area (Å²) in [5, 5.41) is 16.8. The number of anilines is 1. The first kappa shape index (κ1) is 16.4. The number of rotatable bonds is 4. The van der Waals surface area contributed by atoms with Gasteiger partial charge in [-0.25, -0.2) is 0 Å². The van der Waals surface area contributed by atoms with E-state index in [9.17, 15) is 9.90 Å². The lowest BCUT2D eigenvalue weighted by atomic mass is 9.87. The molecule has 0 aromatic carbocycles. The Morgan fingerprint density at radius 3 is 2.75 bits per heavy atom. The van der Waals surface area contributed by atoms with Gasteiger partial charge in [-0.1, -0.05) is 0 Å². The van der Waals surface area contributed by atoms with Crippen LogP contribution < -0.4 is 10.1 Å². The van der Waals surface area contributed by atoms with Crippen molar-refractivity contribution in [2.75, 3.05) is 12.4 Å². The summed E-state index contributed by atoms with van der Waals surface area (Å²) in [5.41, 5.74) is 1.71. The lowest BCUT2D eigenvalue weighted by Crippen LogP contribution is -2.28. The largest absolute Gasteiger partial charge is 0.495 e. The van der Waals surface area contributed by atoms with Crippen LogP contribution in [0.5, 0.6) is 5.75 Å². The quantitative estimate of drug-likeness (QED) is 0.895. The van der Waals surface area contributed by atoms with E-state index < -0.39 is 0 Å². The molecule has 3 rings (SSSR count). The molecule has 2 heterocycles. The Bertz CT molecular complexity index is 720. The second-order valence-electron chi connectivity index (χ2n) is 6.15. The maximum atomic E-state index is 12.4. The minimum absolute atomic E-state index is 0.0321. The summed E-state index contributed by atoms with van der Waals surface area (Å²) in [6.07, 6.45) is 5.89. The summed E-state index contributed by atoms with van der Waals surface area (Å²) in [6.45, 7) is 0. The molecule has 0 atom stereocenters. The number of amides is 1. The molecule has 0 saturated heterocycles. The fraction of sp³-hybridized carbons (Fsp3) is 0.471. The van der Waals surface area contributed by atoms with Crippen LogP contribution in [-0.2, 0) is 11.8 Å². The number of carbonyl (C=O) groups is 1. The van der Waals surface area contributed by atoms with Crippen molar-refractivity contribution in [2.24, 2.45) is 13.0 Å². The van der Waals surface area contributed by atoms with Gasteiger partial charge in [-0.3, -0.25) is 14.5 Å². The first-order valence-corrected chi connectivity index (χ1v) is 8.09. The highest BCUT2D eigenvalue weighted by Gasteiger charge is 2.25. The van der Waals surface area contributed by atoms with Crippen LogP contribution in [0.3, 0.4) is 0 Å². The van der Waals surface area contributed by atoms with Crippen molar-refractivity contribution in [1.29, 1.82) is 0 Å². The second kappa shape index (κ2) is 7.00. The fourth-order valence-electron chi connectivity index (χ4n) is 3.04. The number of aliphatic hydroxyl groups excluding tert-OH is 1. The van der Waals surface area contributed by atoms with Gasteiger partial charge in [-0.2, -0.15) is 5.10 Å². The molecule has 7 heteroatoms. The average Bonchev–Trinajstić information content (AvgIpc) is 2.95. The van der Waals surface area contributed by atoms with E-state index in [4.69, 9.17) is 4.74 Å². The van der Waals surface area contributed by atoms with Crippen LogP contribution in [-0.4, -0.2) is 39.0 Å². The third-order valence-corrected chi connectivity index (χ3v) is 4.44. The molecule has 2 aromatic rings. The number of aliphatic hydroxyl groups is 1. The Kier molecular flexibility index (Phi) is 4.80. The van der Waals surface area contributed by atoms with Crippen molar-refractivity contribution in [2.45, 2.75) is 31.8 Å². The number of methoxy groups -OCH3 is 1. The molecule has 1 saturated carbocycles. The monoisotopic (exact) mass is 330 g/mol. The molecule has 7 nitrogen and oxygen atoms in total. The molecule has 128 valence electrons. The summed E-state index contributed by atoms with van der Waals surface area (Å²) in [7, 11) is 3.41. The van der Waals surface area contributed by atoms with Crippen LogP contribution >= 0.6 is 0 Å². The maximum absolute atomic E-state index is 12.4. The Morgan fingerprint density at radius 2 is 2.04 bits per heavy atom.